The van der Waals surface area contributed by atoms with Gasteiger partial charge in [-0.25, -0.2) is 0 Å². The number of pyridine rings is 1. The highest BCUT2D eigenvalue weighted by molar-refractivity contribution is 6.05. The quantitative estimate of drug-likeness (QED) is 0.722. The first kappa shape index (κ1) is 16.2. The molecule has 3 aromatic rings. The number of fused-ring (bicyclic) bond motifs is 1. The topological polar surface area (TPSA) is 51.0 Å². The maximum atomic E-state index is 13.1. The van der Waals surface area contributed by atoms with Crippen LogP contribution in [0.25, 0.3) is 10.8 Å². The van der Waals surface area contributed by atoms with E-state index in [4.69, 9.17) is 0 Å². The molecule has 0 spiro atoms. The summed E-state index contributed by atoms with van der Waals surface area (Å²) in [7, 11) is 0. The molecule has 5 heteroatoms. The van der Waals surface area contributed by atoms with Gasteiger partial charge in [0.15, 0.2) is 0 Å². The monoisotopic (exact) mass is 322 g/mol. The van der Waals surface area contributed by atoms with Gasteiger partial charge in [0.1, 0.15) is 5.69 Å². The fourth-order valence-corrected chi connectivity index (χ4v) is 2.77. The molecule has 24 heavy (non-hydrogen) atoms. The molecule has 0 N–H and O–H groups in total. The second-order valence-corrected chi connectivity index (χ2v) is 6.11. The van der Waals surface area contributed by atoms with Gasteiger partial charge >= 0.3 is 0 Å². The summed E-state index contributed by atoms with van der Waals surface area (Å²) >= 11 is 0. The van der Waals surface area contributed by atoms with E-state index in [-0.39, 0.29) is 11.9 Å². The van der Waals surface area contributed by atoms with Crippen LogP contribution >= 0.6 is 0 Å². The molecule has 0 unspecified atom stereocenters. The Morgan fingerprint density at radius 2 is 2.04 bits per heavy atom. The summed E-state index contributed by atoms with van der Waals surface area (Å²) in [6.07, 6.45) is 5.51. The van der Waals surface area contributed by atoms with Crippen molar-refractivity contribution in [2.45, 2.75) is 39.9 Å². The zero-order valence-corrected chi connectivity index (χ0v) is 14.3. The van der Waals surface area contributed by atoms with Gasteiger partial charge in [0.2, 0.25) is 0 Å². The van der Waals surface area contributed by atoms with Crippen molar-refractivity contribution in [2.24, 2.45) is 0 Å². The predicted octanol–water partition coefficient (Wildman–Crippen LogP) is 3.50. The SMILES string of the molecule is CCn1cc(CN(C(=O)c2nccc3ccccc23)C(C)C)cn1. The van der Waals surface area contributed by atoms with Gasteiger partial charge in [-0.2, -0.15) is 5.10 Å². The molecule has 0 atom stereocenters. The molecular formula is C19H22N4O. The van der Waals surface area contributed by atoms with E-state index in [2.05, 4.69) is 10.1 Å². The van der Waals surface area contributed by atoms with Crippen LogP contribution in [0.2, 0.25) is 0 Å². The number of hydrogen-bond acceptors (Lipinski definition) is 3. The third kappa shape index (κ3) is 3.15. The first-order chi connectivity index (χ1) is 11.6. The van der Waals surface area contributed by atoms with Gasteiger partial charge in [-0.15, -0.1) is 0 Å². The molecule has 0 radical (unpaired) electrons. The highest BCUT2D eigenvalue weighted by Crippen LogP contribution is 2.20. The zero-order valence-electron chi connectivity index (χ0n) is 14.3. The van der Waals surface area contributed by atoms with Gasteiger partial charge < -0.3 is 4.90 Å². The Bertz CT molecular complexity index is 848. The first-order valence-electron chi connectivity index (χ1n) is 8.26. The number of rotatable bonds is 5. The molecule has 1 aromatic carbocycles. The van der Waals surface area contributed by atoms with E-state index in [1.807, 2.05) is 73.1 Å². The van der Waals surface area contributed by atoms with Crippen LogP contribution in [0.4, 0.5) is 0 Å². The van der Waals surface area contributed by atoms with E-state index in [1.165, 1.54) is 0 Å². The van der Waals surface area contributed by atoms with Gasteiger partial charge in [0.05, 0.1) is 6.20 Å². The minimum Gasteiger partial charge on any atom is -0.330 e. The molecular weight excluding hydrogens is 300 g/mol. The summed E-state index contributed by atoms with van der Waals surface area (Å²) < 4.78 is 1.87. The van der Waals surface area contributed by atoms with E-state index >= 15 is 0 Å². The Kier molecular flexibility index (Phi) is 4.60. The Morgan fingerprint density at radius 3 is 2.75 bits per heavy atom. The smallest absolute Gasteiger partial charge is 0.273 e. The van der Waals surface area contributed by atoms with E-state index < -0.39 is 0 Å². The van der Waals surface area contributed by atoms with Gasteiger partial charge in [-0.1, -0.05) is 24.3 Å². The minimum atomic E-state index is -0.0500. The molecule has 5 nitrogen and oxygen atoms in total. The van der Waals surface area contributed by atoms with Crippen LogP contribution in [-0.4, -0.2) is 31.6 Å². The summed E-state index contributed by atoms with van der Waals surface area (Å²) in [4.78, 5) is 19.3. The van der Waals surface area contributed by atoms with E-state index in [1.54, 1.807) is 6.20 Å². The van der Waals surface area contributed by atoms with Crippen molar-refractivity contribution in [1.29, 1.82) is 0 Å². The highest BCUT2D eigenvalue weighted by Gasteiger charge is 2.22. The molecule has 124 valence electrons. The lowest BCUT2D eigenvalue weighted by Gasteiger charge is -2.26. The van der Waals surface area contributed by atoms with Crippen LogP contribution in [0, 0.1) is 0 Å². The molecule has 0 aliphatic heterocycles. The number of carbonyl (C=O) groups is 1. The summed E-state index contributed by atoms with van der Waals surface area (Å²) in [5.74, 6) is -0.0500. The van der Waals surface area contributed by atoms with Crippen molar-refractivity contribution in [3.05, 3.63) is 60.2 Å². The van der Waals surface area contributed by atoms with Crippen molar-refractivity contribution in [2.75, 3.05) is 0 Å². The lowest BCUT2D eigenvalue weighted by molar-refractivity contribution is 0.0686. The molecule has 0 aliphatic carbocycles. The van der Waals surface area contributed by atoms with E-state index in [9.17, 15) is 4.79 Å². The Balaban J connectivity index is 1.94. The zero-order chi connectivity index (χ0) is 17.1. The van der Waals surface area contributed by atoms with Crippen molar-refractivity contribution in [3.8, 4) is 0 Å². The van der Waals surface area contributed by atoms with Crippen LogP contribution < -0.4 is 0 Å². The third-order valence-electron chi connectivity index (χ3n) is 4.12. The average molecular weight is 322 g/mol. The van der Waals surface area contributed by atoms with Gasteiger partial charge in [0.25, 0.3) is 5.91 Å². The fourth-order valence-electron chi connectivity index (χ4n) is 2.77. The highest BCUT2D eigenvalue weighted by atomic mass is 16.2. The molecule has 2 heterocycles. The number of benzene rings is 1. The minimum absolute atomic E-state index is 0.0500. The summed E-state index contributed by atoms with van der Waals surface area (Å²) in [5.41, 5.74) is 1.53. The number of amides is 1. The number of carbonyl (C=O) groups excluding carboxylic acids is 1. The molecule has 3 rings (SSSR count). The number of nitrogens with zero attached hydrogens (tertiary/aromatic N) is 4. The van der Waals surface area contributed by atoms with Crippen LogP contribution in [-0.2, 0) is 13.1 Å². The Hall–Kier alpha value is -2.69. The second kappa shape index (κ2) is 6.83. The number of aromatic nitrogens is 3. The molecule has 0 saturated heterocycles. The van der Waals surface area contributed by atoms with Crippen LogP contribution in [0.5, 0.6) is 0 Å². The van der Waals surface area contributed by atoms with Crippen molar-refractivity contribution >= 4 is 16.7 Å². The lowest BCUT2D eigenvalue weighted by Crippen LogP contribution is -2.36. The molecule has 0 fully saturated rings. The van der Waals surface area contributed by atoms with Crippen molar-refractivity contribution in [3.63, 3.8) is 0 Å². The van der Waals surface area contributed by atoms with Gasteiger partial charge in [-0.05, 0) is 32.2 Å². The first-order valence-corrected chi connectivity index (χ1v) is 8.26. The largest absolute Gasteiger partial charge is 0.330 e. The van der Waals surface area contributed by atoms with Crippen LogP contribution in [0.1, 0.15) is 36.8 Å². The van der Waals surface area contributed by atoms with E-state index in [0.717, 1.165) is 22.9 Å². The third-order valence-corrected chi connectivity index (χ3v) is 4.12. The maximum absolute atomic E-state index is 13.1. The van der Waals surface area contributed by atoms with Crippen LogP contribution in [0.3, 0.4) is 0 Å². The number of aryl methyl sites for hydroxylation is 1. The second-order valence-electron chi connectivity index (χ2n) is 6.11. The Labute approximate surface area is 141 Å². The van der Waals surface area contributed by atoms with Crippen LogP contribution in [0.15, 0.2) is 48.9 Å². The van der Waals surface area contributed by atoms with Gasteiger partial charge in [0, 0.05) is 42.5 Å². The predicted molar refractivity (Wildman–Crippen MR) is 94.7 cm³/mol. The van der Waals surface area contributed by atoms with E-state index in [0.29, 0.717) is 12.2 Å². The molecule has 0 bridgehead atoms. The normalized spacial score (nSPS) is 11.2. The average Bonchev–Trinajstić information content (AvgIpc) is 3.06. The fraction of sp³-hybridized carbons (Fsp3) is 0.316. The molecule has 0 aliphatic rings. The molecule has 2 aromatic heterocycles. The lowest BCUT2D eigenvalue weighted by atomic mass is 10.1. The summed E-state index contributed by atoms with van der Waals surface area (Å²) in [6.45, 7) is 7.44. The Morgan fingerprint density at radius 1 is 1.25 bits per heavy atom. The summed E-state index contributed by atoms with van der Waals surface area (Å²) in [6, 6.07) is 9.85. The number of hydrogen-bond donors (Lipinski definition) is 0. The molecule has 1 amide bonds. The summed E-state index contributed by atoms with van der Waals surface area (Å²) in [5, 5.41) is 6.21. The standard InChI is InChI=1S/C19H22N4O/c1-4-22-12-15(11-21-22)13-23(14(2)3)19(24)18-17-8-6-5-7-16(17)9-10-20-18/h5-12,14H,4,13H2,1-3H3. The van der Waals surface area contributed by atoms with Crippen molar-refractivity contribution in [1.82, 2.24) is 19.7 Å². The van der Waals surface area contributed by atoms with Crippen molar-refractivity contribution < 1.29 is 4.79 Å². The molecule has 0 saturated carbocycles. The maximum Gasteiger partial charge on any atom is 0.273 e. The van der Waals surface area contributed by atoms with Gasteiger partial charge in [-0.3, -0.25) is 14.5 Å².